The van der Waals surface area contributed by atoms with Crippen molar-refractivity contribution in [3.8, 4) is 0 Å². The smallest absolute Gasteiger partial charge is 0.396 e. The summed E-state index contributed by atoms with van der Waals surface area (Å²) in [5.41, 5.74) is -1.31. The van der Waals surface area contributed by atoms with Crippen molar-refractivity contribution in [3.63, 3.8) is 0 Å². The van der Waals surface area contributed by atoms with Crippen molar-refractivity contribution in [3.05, 3.63) is 29.3 Å². The van der Waals surface area contributed by atoms with Crippen LogP contribution in [0.15, 0.2) is 23.1 Å². The van der Waals surface area contributed by atoms with Gasteiger partial charge in [-0.05, 0) is 18.2 Å². The van der Waals surface area contributed by atoms with Crippen LogP contribution in [0.2, 0.25) is 0 Å². The zero-order valence-corrected chi connectivity index (χ0v) is 8.94. The van der Waals surface area contributed by atoms with E-state index < -0.39 is 11.7 Å². The number of benzene rings is 1. The van der Waals surface area contributed by atoms with E-state index in [1.807, 2.05) is 0 Å². The second kappa shape index (κ2) is 5.36. The van der Waals surface area contributed by atoms with Crippen LogP contribution in [0.4, 0.5) is 13.2 Å². The second-order valence-corrected chi connectivity index (χ2v) is 4.11. The van der Waals surface area contributed by atoms with Crippen LogP contribution in [0.1, 0.15) is 15.9 Å². The van der Waals surface area contributed by atoms with Gasteiger partial charge in [0.25, 0.3) is 0 Å². The van der Waals surface area contributed by atoms with Crippen molar-refractivity contribution in [1.82, 2.24) is 0 Å². The minimum atomic E-state index is -4.54. The Kier molecular flexibility index (Phi) is 4.37. The van der Waals surface area contributed by atoms with Gasteiger partial charge in [-0.2, -0.15) is 13.2 Å². The molecule has 0 atom stereocenters. The van der Waals surface area contributed by atoms with Gasteiger partial charge in [-0.15, -0.1) is 11.8 Å². The van der Waals surface area contributed by atoms with Gasteiger partial charge >= 0.3 is 6.18 Å². The van der Waals surface area contributed by atoms with E-state index in [-0.39, 0.29) is 18.5 Å². The molecule has 0 spiro atoms. The number of aliphatic hydroxyl groups excluding tert-OH is 1. The van der Waals surface area contributed by atoms with E-state index in [1.165, 1.54) is 6.07 Å². The van der Waals surface area contributed by atoms with Crippen LogP contribution >= 0.6 is 11.8 Å². The molecule has 1 N–H and O–H groups in total. The first-order valence-corrected chi connectivity index (χ1v) is 5.37. The fraction of sp³-hybridized carbons (Fsp3) is 0.300. The molecule has 0 aliphatic rings. The molecule has 0 aliphatic heterocycles. The summed E-state index contributed by atoms with van der Waals surface area (Å²) in [5.74, 6) is 0.317. The standard InChI is InChI=1S/C10H9F3O2S/c11-10(12,13)9-5-8(16-4-3-14)2-1-7(9)6-15/h1-2,5-6,14H,3-4H2. The fourth-order valence-electron chi connectivity index (χ4n) is 1.14. The third-order valence-corrected chi connectivity index (χ3v) is 2.79. The molecule has 1 aromatic rings. The monoisotopic (exact) mass is 250 g/mol. The Morgan fingerprint density at radius 3 is 2.56 bits per heavy atom. The van der Waals surface area contributed by atoms with Crippen LogP contribution in [0.25, 0.3) is 0 Å². The molecule has 0 saturated carbocycles. The molecule has 0 bridgehead atoms. The van der Waals surface area contributed by atoms with Gasteiger partial charge in [-0.1, -0.05) is 0 Å². The summed E-state index contributed by atoms with van der Waals surface area (Å²) >= 11 is 1.10. The zero-order valence-electron chi connectivity index (χ0n) is 8.12. The van der Waals surface area contributed by atoms with Gasteiger partial charge in [-0.25, -0.2) is 0 Å². The molecule has 1 rings (SSSR count). The van der Waals surface area contributed by atoms with Crippen molar-refractivity contribution >= 4 is 18.0 Å². The third-order valence-electron chi connectivity index (χ3n) is 1.82. The highest BCUT2D eigenvalue weighted by atomic mass is 32.2. The average Bonchev–Trinajstić information content (AvgIpc) is 2.24. The number of carbonyl (C=O) groups excluding carboxylic acids is 1. The lowest BCUT2D eigenvalue weighted by atomic mass is 10.1. The van der Waals surface area contributed by atoms with Crippen molar-refractivity contribution < 1.29 is 23.1 Å². The zero-order chi connectivity index (χ0) is 12.2. The first kappa shape index (κ1) is 13.1. The summed E-state index contributed by atoms with van der Waals surface area (Å²) in [4.78, 5) is 10.8. The Bertz CT molecular complexity index is 377. The van der Waals surface area contributed by atoms with E-state index in [0.29, 0.717) is 10.6 Å². The Labute approximate surface area is 94.5 Å². The van der Waals surface area contributed by atoms with E-state index in [4.69, 9.17) is 5.11 Å². The molecule has 0 amide bonds. The highest BCUT2D eigenvalue weighted by Gasteiger charge is 2.33. The van der Waals surface area contributed by atoms with Gasteiger partial charge in [0.15, 0.2) is 6.29 Å². The van der Waals surface area contributed by atoms with Gasteiger partial charge < -0.3 is 5.11 Å². The first-order chi connectivity index (χ1) is 7.49. The molecule has 2 nitrogen and oxygen atoms in total. The topological polar surface area (TPSA) is 37.3 Å². The summed E-state index contributed by atoms with van der Waals surface area (Å²) in [7, 11) is 0. The number of thioether (sulfide) groups is 1. The van der Waals surface area contributed by atoms with Crippen LogP contribution in [-0.4, -0.2) is 23.8 Å². The Morgan fingerprint density at radius 1 is 1.38 bits per heavy atom. The van der Waals surface area contributed by atoms with Crippen molar-refractivity contribution in [2.45, 2.75) is 11.1 Å². The Morgan fingerprint density at radius 2 is 2.06 bits per heavy atom. The minimum absolute atomic E-state index is 0.110. The van der Waals surface area contributed by atoms with Gasteiger partial charge in [0.05, 0.1) is 12.2 Å². The molecule has 88 valence electrons. The van der Waals surface area contributed by atoms with E-state index in [1.54, 1.807) is 0 Å². The Balaban J connectivity index is 3.06. The first-order valence-electron chi connectivity index (χ1n) is 4.39. The largest absolute Gasteiger partial charge is 0.417 e. The van der Waals surface area contributed by atoms with Crippen molar-refractivity contribution in [2.24, 2.45) is 0 Å². The summed E-state index contributed by atoms with van der Waals surface area (Å²) in [6, 6.07) is 3.49. The quantitative estimate of drug-likeness (QED) is 0.659. The molecule has 16 heavy (non-hydrogen) atoms. The molecule has 0 heterocycles. The van der Waals surface area contributed by atoms with Crippen LogP contribution in [0, 0.1) is 0 Å². The lowest BCUT2D eigenvalue weighted by Crippen LogP contribution is -2.09. The normalized spacial score (nSPS) is 11.5. The lowest BCUT2D eigenvalue weighted by Gasteiger charge is -2.10. The van der Waals surface area contributed by atoms with Crippen LogP contribution in [0.3, 0.4) is 0 Å². The SMILES string of the molecule is O=Cc1ccc(SCCO)cc1C(F)(F)F. The van der Waals surface area contributed by atoms with Gasteiger partial charge in [-0.3, -0.25) is 4.79 Å². The molecule has 6 heteroatoms. The predicted octanol–water partition coefficient (Wildman–Crippen LogP) is 2.60. The van der Waals surface area contributed by atoms with Crippen molar-refractivity contribution in [2.75, 3.05) is 12.4 Å². The number of hydrogen-bond donors (Lipinski definition) is 1. The Hall–Kier alpha value is -1.01. The van der Waals surface area contributed by atoms with Gasteiger partial charge in [0.2, 0.25) is 0 Å². The molecule has 0 unspecified atom stereocenters. The molecule has 0 radical (unpaired) electrons. The number of aldehydes is 1. The molecule has 0 aromatic heterocycles. The third kappa shape index (κ3) is 3.24. The van der Waals surface area contributed by atoms with E-state index in [2.05, 4.69) is 0 Å². The summed E-state index contributed by atoms with van der Waals surface area (Å²) in [6.07, 6.45) is -4.35. The van der Waals surface area contributed by atoms with Crippen LogP contribution in [-0.2, 0) is 6.18 Å². The number of halogens is 3. The number of alkyl halides is 3. The average molecular weight is 250 g/mol. The lowest BCUT2D eigenvalue weighted by molar-refractivity contribution is -0.138. The number of aliphatic hydroxyl groups is 1. The molecule has 0 aliphatic carbocycles. The molecule has 1 aromatic carbocycles. The number of rotatable bonds is 4. The molecule has 0 saturated heterocycles. The van der Waals surface area contributed by atoms with E-state index in [0.717, 1.165) is 23.9 Å². The van der Waals surface area contributed by atoms with Crippen molar-refractivity contribution in [1.29, 1.82) is 0 Å². The van der Waals surface area contributed by atoms with E-state index in [9.17, 15) is 18.0 Å². The molecule has 0 fully saturated rings. The summed E-state index contributed by atoms with van der Waals surface area (Å²) < 4.78 is 37.6. The predicted molar refractivity (Wildman–Crippen MR) is 54.6 cm³/mol. The molecular weight excluding hydrogens is 241 g/mol. The highest BCUT2D eigenvalue weighted by molar-refractivity contribution is 7.99. The van der Waals surface area contributed by atoms with Gasteiger partial charge in [0.1, 0.15) is 0 Å². The number of hydrogen-bond acceptors (Lipinski definition) is 3. The summed E-state index contributed by atoms with van der Waals surface area (Å²) in [6.45, 7) is -0.110. The van der Waals surface area contributed by atoms with Gasteiger partial charge in [0, 0.05) is 16.2 Å². The number of carbonyl (C=O) groups is 1. The minimum Gasteiger partial charge on any atom is -0.396 e. The second-order valence-electron chi connectivity index (χ2n) is 2.94. The van der Waals surface area contributed by atoms with E-state index >= 15 is 0 Å². The maximum Gasteiger partial charge on any atom is 0.417 e. The maximum absolute atomic E-state index is 12.5. The highest BCUT2D eigenvalue weighted by Crippen LogP contribution is 2.34. The molecular formula is C10H9F3O2S. The fourth-order valence-corrected chi connectivity index (χ4v) is 1.83. The van der Waals surface area contributed by atoms with Crippen LogP contribution < -0.4 is 0 Å². The maximum atomic E-state index is 12.5. The van der Waals surface area contributed by atoms with Crippen LogP contribution in [0.5, 0.6) is 0 Å². The summed E-state index contributed by atoms with van der Waals surface area (Å²) in [5, 5.41) is 8.56.